The standard InChI is InChI=1S/C13H20N2O2/c1-9(2)8-15-10(3)12(16)14-7-5-4-6-11(14)13(15)17/h10-11H,1,4-8H2,2-3H3. The average molecular weight is 236 g/mol. The SMILES string of the molecule is C=C(C)CN1C(=O)C2CCCCN2C(=O)C1C. The molecule has 0 saturated carbocycles. The first-order valence-corrected chi connectivity index (χ1v) is 6.27. The monoisotopic (exact) mass is 236 g/mol. The maximum atomic E-state index is 12.3. The van der Waals surface area contributed by atoms with Gasteiger partial charge in [-0.05, 0) is 33.1 Å². The minimum atomic E-state index is -0.339. The second-order valence-corrected chi connectivity index (χ2v) is 5.14. The highest BCUT2D eigenvalue weighted by molar-refractivity contribution is 5.97. The number of amides is 2. The quantitative estimate of drug-likeness (QED) is 0.675. The molecule has 2 unspecified atom stereocenters. The van der Waals surface area contributed by atoms with Crippen LogP contribution in [0.25, 0.3) is 0 Å². The molecule has 2 aliphatic heterocycles. The number of hydrogen-bond donors (Lipinski definition) is 0. The highest BCUT2D eigenvalue weighted by Crippen LogP contribution is 2.26. The van der Waals surface area contributed by atoms with Crippen LogP contribution in [-0.2, 0) is 9.59 Å². The van der Waals surface area contributed by atoms with Crippen molar-refractivity contribution in [3.05, 3.63) is 12.2 Å². The summed E-state index contributed by atoms with van der Waals surface area (Å²) in [5.74, 6) is 0.190. The number of piperazine rings is 1. The Hall–Kier alpha value is -1.32. The lowest BCUT2D eigenvalue weighted by Gasteiger charge is -2.46. The Labute approximate surface area is 102 Å². The van der Waals surface area contributed by atoms with Crippen molar-refractivity contribution in [3.63, 3.8) is 0 Å². The van der Waals surface area contributed by atoms with Crippen molar-refractivity contribution >= 4 is 11.8 Å². The second-order valence-electron chi connectivity index (χ2n) is 5.14. The molecule has 0 radical (unpaired) electrons. The van der Waals surface area contributed by atoms with Gasteiger partial charge in [-0.25, -0.2) is 0 Å². The molecular weight excluding hydrogens is 216 g/mol. The summed E-state index contributed by atoms with van der Waals surface area (Å²) in [6.07, 6.45) is 2.86. The molecule has 94 valence electrons. The zero-order valence-corrected chi connectivity index (χ0v) is 10.6. The first kappa shape index (κ1) is 12.1. The zero-order valence-electron chi connectivity index (χ0n) is 10.6. The fraction of sp³-hybridized carbons (Fsp3) is 0.692. The van der Waals surface area contributed by atoms with E-state index in [0.29, 0.717) is 6.54 Å². The van der Waals surface area contributed by atoms with Crippen molar-refractivity contribution < 1.29 is 9.59 Å². The van der Waals surface area contributed by atoms with E-state index in [9.17, 15) is 9.59 Å². The van der Waals surface area contributed by atoms with Gasteiger partial charge in [0.15, 0.2) is 0 Å². The van der Waals surface area contributed by atoms with Crippen molar-refractivity contribution in [1.82, 2.24) is 9.80 Å². The van der Waals surface area contributed by atoms with Gasteiger partial charge in [-0.2, -0.15) is 0 Å². The molecule has 0 aromatic carbocycles. The highest BCUT2D eigenvalue weighted by Gasteiger charge is 2.44. The molecule has 0 spiro atoms. The number of rotatable bonds is 2. The lowest BCUT2D eigenvalue weighted by Crippen LogP contribution is -2.65. The summed E-state index contributed by atoms with van der Waals surface area (Å²) in [4.78, 5) is 28.0. The van der Waals surface area contributed by atoms with E-state index in [2.05, 4.69) is 6.58 Å². The summed E-state index contributed by atoms with van der Waals surface area (Å²) in [5, 5.41) is 0. The van der Waals surface area contributed by atoms with Gasteiger partial charge < -0.3 is 9.80 Å². The summed E-state index contributed by atoms with van der Waals surface area (Å²) < 4.78 is 0. The van der Waals surface area contributed by atoms with Crippen LogP contribution in [0, 0.1) is 0 Å². The third-order valence-corrected chi connectivity index (χ3v) is 3.62. The summed E-state index contributed by atoms with van der Waals surface area (Å²) >= 11 is 0. The van der Waals surface area contributed by atoms with Crippen LogP contribution in [0.1, 0.15) is 33.1 Å². The Morgan fingerprint density at radius 3 is 2.71 bits per heavy atom. The lowest BCUT2D eigenvalue weighted by molar-refractivity contribution is -0.162. The Morgan fingerprint density at radius 1 is 1.35 bits per heavy atom. The molecule has 0 bridgehead atoms. The van der Waals surface area contributed by atoms with E-state index in [-0.39, 0.29) is 23.9 Å². The molecule has 2 fully saturated rings. The fourth-order valence-electron chi connectivity index (χ4n) is 2.71. The fourth-order valence-corrected chi connectivity index (χ4v) is 2.71. The number of carbonyl (C=O) groups excluding carboxylic acids is 2. The molecule has 4 nitrogen and oxygen atoms in total. The van der Waals surface area contributed by atoms with Crippen molar-refractivity contribution in [2.75, 3.05) is 13.1 Å². The Balaban J connectivity index is 2.22. The van der Waals surface area contributed by atoms with Gasteiger partial charge >= 0.3 is 0 Å². The van der Waals surface area contributed by atoms with Crippen LogP contribution < -0.4 is 0 Å². The maximum absolute atomic E-state index is 12.3. The van der Waals surface area contributed by atoms with Gasteiger partial charge in [0.25, 0.3) is 0 Å². The smallest absolute Gasteiger partial charge is 0.246 e. The van der Waals surface area contributed by atoms with Gasteiger partial charge in [-0.1, -0.05) is 12.2 Å². The molecule has 2 saturated heterocycles. The van der Waals surface area contributed by atoms with Crippen molar-refractivity contribution in [2.45, 2.75) is 45.2 Å². The van der Waals surface area contributed by atoms with Crippen molar-refractivity contribution in [2.24, 2.45) is 0 Å². The first-order chi connectivity index (χ1) is 8.02. The minimum Gasteiger partial charge on any atom is -0.329 e. The summed E-state index contributed by atoms with van der Waals surface area (Å²) in [7, 11) is 0. The van der Waals surface area contributed by atoms with Crippen LogP contribution in [0.5, 0.6) is 0 Å². The van der Waals surface area contributed by atoms with Gasteiger partial charge in [0.2, 0.25) is 11.8 Å². The maximum Gasteiger partial charge on any atom is 0.246 e. The predicted octanol–water partition coefficient (Wildman–Crippen LogP) is 1.17. The summed E-state index contributed by atoms with van der Waals surface area (Å²) in [5.41, 5.74) is 0.919. The van der Waals surface area contributed by atoms with Crippen LogP contribution in [0.15, 0.2) is 12.2 Å². The van der Waals surface area contributed by atoms with Crippen molar-refractivity contribution in [1.29, 1.82) is 0 Å². The van der Waals surface area contributed by atoms with Gasteiger partial charge in [-0.3, -0.25) is 9.59 Å². The van der Waals surface area contributed by atoms with E-state index < -0.39 is 0 Å². The van der Waals surface area contributed by atoms with E-state index in [4.69, 9.17) is 0 Å². The minimum absolute atomic E-state index is 0.0931. The van der Waals surface area contributed by atoms with Crippen LogP contribution in [0.4, 0.5) is 0 Å². The van der Waals surface area contributed by atoms with Crippen LogP contribution in [0.3, 0.4) is 0 Å². The third kappa shape index (κ3) is 2.08. The van der Waals surface area contributed by atoms with E-state index in [0.717, 1.165) is 31.4 Å². The number of piperidine rings is 1. The third-order valence-electron chi connectivity index (χ3n) is 3.62. The van der Waals surface area contributed by atoms with Gasteiger partial charge in [0.05, 0.1) is 0 Å². The Morgan fingerprint density at radius 2 is 2.06 bits per heavy atom. The summed E-state index contributed by atoms with van der Waals surface area (Å²) in [6, 6.07) is -0.555. The molecule has 0 aromatic heterocycles. The van der Waals surface area contributed by atoms with Crippen LogP contribution in [0.2, 0.25) is 0 Å². The van der Waals surface area contributed by atoms with Crippen LogP contribution >= 0.6 is 0 Å². The molecule has 0 N–H and O–H groups in total. The highest BCUT2D eigenvalue weighted by atomic mass is 16.2. The van der Waals surface area contributed by atoms with Crippen molar-refractivity contribution in [3.8, 4) is 0 Å². The van der Waals surface area contributed by atoms with Gasteiger partial charge in [0.1, 0.15) is 12.1 Å². The molecule has 0 aliphatic carbocycles. The van der Waals surface area contributed by atoms with Gasteiger partial charge in [0, 0.05) is 13.1 Å². The largest absolute Gasteiger partial charge is 0.329 e. The molecular formula is C13H20N2O2. The number of carbonyl (C=O) groups is 2. The molecule has 2 amide bonds. The second kappa shape index (κ2) is 4.51. The number of nitrogens with zero attached hydrogens (tertiary/aromatic N) is 2. The van der Waals surface area contributed by atoms with E-state index in [1.807, 2.05) is 13.8 Å². The normalized spacial score (nSPS) is 29.3. The molecule has 17 heavy (non-hydrogen) atoms. The molecule has 0 aromatic rings. The molecule has 2 heterocycles. The Kier molecular flexibility index (Phi) is 3.22. The van der Waals surface area contributed by atoms with E-state index in [1.165, 1.54) is 0 Å². The first-order valence-electron chi connectivity index (χ1n) is 6.27. The zero-order chi connectivity index (χ0) is 12.6. The predicted molar refractivity (Wildman–Crippen MR) is 65.3 cm³/mol. The number of fused-ring (bicyclic) bond motifs is 1. The summed E-state index contributed by atoms with van der Waals surface area (Å²) in [6.45, 7) is 8.76. The molecule has 2 rings (SSSR count). The van der Waals surface area contributed by atoms with E-state index >= 15 is 0 Å². The van der Waals surface area contributed by atoms with Crippen LogP contribution in [-0.4, -0.2) is 46.8 Å². The Bertz CT molecular complexity index is 364. The molecule has 2 aliphatic rings. The lowest BCUT2D eigenvalue weighted by atomic mass is 9.95. The average Bonchev–Trinajstić information content (AvgIpc) is 2.31. The van der Waals surface area contributed by atoms with Gasteiger partial charge in [-0.15, -0.1) is 0 Å². The molecule has 2 atom stereocenters. The topological polar surface area (TPSA) is 40.6 Å². The molecule has 4 heteroatoms. The number of hydrogen-bond acceptors (Lipinski definition) is 2. The van der Waals surface area contributed by atoms with E-state index in [1.54, 1.807) is 9.80 Å².